The predicted octanol–water partition coefficient (Wildman–Crippen LogP) is -0.439. The van der Waals surface area contributed by atoms with Crippen LogP contribution in [-0.4, -0.2) is 93.2 Å². The third-order valence-corrected chi connectivity index (χ3v) is 7.20. The number of likely N-dealkylation sites (tertiary alicyclic amines) is 1. The molecule has 3 aliphatic rings. The molecule has 9 nitrogen and oxygen atoms in total. The van der Waals surface area contributed by atoms with E-state index in [1.165, 1.54) is 33.4 Å². The fraction of sp³-hybridized carbons (Fsp3) is 0.667. The lowest BCUT2D eigenvalue weighted by Crippen LogP contribution is -2.63. The lowest BCUT2D eigenvalue weighted by molar-refractivity contribution is -0.163. The van der Waals surface area contributed by atoms with Crippen molar-refractivity contribution >= 4 is 35.9 Å². The molecule has 2 saturated heterocycles. The normalized spacial score (nSPS) is 33.4. The molecule has 0 aromatic rings. The van der Waals surface area contributed by atoms with Crippen molar-refractivity contribution in [2.24, 2.45) is 11.8 Å². The number of hydrogen-bond donors (Lipinski definition) is 2. The number of carbonyl (C=O) groups is 4. The molecule has 0 aromatic heterocycles. The van der Waals surface area contributed by atoms with Gasteiger partial charge in [0.25, 0.3) is 0 Å². The highest BCUT2D eigenvalue weighted by molar-refractivity contribution is 8.03. The van der Waals surface area contributed by atoms with Crippen LogP contribution in [0.5, 0.6) is 0 Å². The Labute approximate surface area is 168 Å². The second-order valence-corrected chi connectivity index (χ2v) is 9.08. The van der Waals surface area contributed by atoms with Crippen molar-refractivity contribution in [1.82, 2.24) is 14.7 Å². The van der Waals surface area contributed by atoms with E-state index in [0.717, 1.165) is 0 Å². The van der Waals surface area contributed by atoms with Crippen LogP contribution in [0.1, 0.15) is 21.6 Å². The van der Waals surface area contributed by atoms with Crippen LogP contribution in [0, 0.1) is 11.8 Å². The minimum absolute atomic E-state index is 0.0828. The van der Waals surface area contributed by atoms with Crippen molar-refractivity contribution in [1.29, 1.82) is 0 Å². The number of thioether (sulfide) groups is 1. The van der Waals surface area contributed by atoms with Crippen molar-refractivity contribution in [2.75, 3.05) is 20.6 Å². The third-order valence-electron chi connectivity index (χ3n) is 5.71. The van der Waals surface area contributed by atoms with Crippen LogP contribution in [0.2, 0.25) is 0 Å². The van der Waals surface area contributed by atoms with Gasteiger partial charge in [-0.2, -0.15) is 0 Å². The maximum absolute atomic E-state index is 12.4. The van der Waals surface area contributed by atoms with Gasteiger partial charge >= 0.3 is 5.97 Å². The molecule has 3 aliphatic heterocycles. The van der Waals surface area contributed by atoms with E-state index >= 15 is 0 Å². The van der Waals surface area contributed by atoms with Crippen molar-refractivity contribution in [3.8, 4) is 0 Å². The Morgan fingerprint density at radius 2 is 2.07 bits per heavy atom. The summed E-state index contributed by atoms with van der Waals surface area (Å²) in [4.78, 5) is 52.7. The van der Waals surface area contributed by atoms with Crippen molar-refractivity contribution in [3.05, 3.63) is 10.6 Å². The first-order valence-corrected chi connectivity index (χ1v) is 9.98. The molecule has 3 heterocycles. The van der Waals surface area contributed by atoms with E-state index in [1.807, 2.05) is 6.92 Å². The summed E-state index contributed by atoms with van der Waals surface area (Å²) in [6.45, 7) is 3.49. The van der Waals surface area contributed by atoms with Crippen LogP contribution in [0.15, 0.2) is 10.6 Å². The Morgan fingerprint density at radius 3 is 2.57 bits per heavy atom. The van der Waals surface area contributed by atoms with Crippen LogP contribution >= 0.6 is 11.8 Å². The van der Waals surface area contributed by atoms with Crippen molar-refractivity contribution in [3.63, 3.8) is 0 Å². The van der Waals surface area contributed by atoms with E-state index in [1.54, 1.807) is 14.1 Å². The van der Waals surface area contributed by atoms with Crippen LogP contribution < -0.4 is 0 Å². The topological polar surface area (TPSA) is 118 Å². The van der Waals surface area contributed by atoms with E-state index in [9.17, 15) is 29.4 Å². The molecule has 3 rings (SSSR count). The Morgan fingerprint density at radius 1 is 1.43 bits per heavy atom. The summed E-state index contributed by atoms with van der Waals surface area (Å²) in [6.07, 6.45) is -1.53. The number of fused-ring (bicyclic) bond motifs is 1. The molecule has 0 aromatic carbocycles. The molecular weight excluding hydrogens is 386 g/mol. The highest BCUT2D eigenvalue weighted by Gasteiger charge is 2.60. The Balaban J connectivity index is 1.86. The minimum Gasteiger partial charge on any atom is -0.477 e. The second kappa shape index (κ2) is 7.40. The molecule has 2 fully saturated rings. The lowest BCUT2D eigenvalue weighted by atomic mass is 9.79. The highest BCUT2D eigenvalue weighted by Crippen LogP contribution is 2.52. The zero-order valence-electron chi connectivity index (χ0n) is 17.2. The number of hydrogen-bond acceptors (Lipinski definition) is 6. The van der Waals surface area contributed by atoms with E-state index in [4.69, 9.17) is 1.37 Å². The van der Waals surface area contributed by atoms with Gasteiger partial charge in [0.1, 0.15) is 13.1 Å². The maximum Gasteiger partial charge on any atom is 0.353 e. The van der Waals surface area contributed by atoms with Gasteiger partial charge in [0.05, 0.1) is 18.1 Å². The molecule has 0 radical (unpaired) electrons. The highest BCUT2D eigenvalue weighted by atomic mass is 32.2. The summed E-state index contributed by atoms with van der Waals surface area (Å²) in [7, 11) is 3.15. The van der Waals surface area contributed by atoms with Gasteiger partial charge in [-0.25, -0.2) is 4.79 Å². The molecule has 0 aliphatic carbocycles. The molecular formula is C18H25N3O6S. The number of β-lactam (4-membered cyclic amide) rings is 1. The van der Waals surface area contributed by atoms with Crippen LogP contribution in [0.25, 0.3) is 0 Å². The fourth-order valence-corrected chi connectivity index (χ4v) is 5.90. The number of likely N-dealkylation sites (N-methyl/N-ethyl adjacent to an activating group) is 1. The number of carboxylic acids is 1. The average Bonchev–Trinajstić information content (AvgIpc) is 3.13. The quantitative estimate of drug-likeness (QED) is 0.463. The number of amides is 3. The predicted molar refractivity (Wildman–Crippen MR) is 101 cm³/mol. The third kappa shape index (κ3) is 3.08. The largest absolute Gasteiger partial charge is 0.477 e. The van der Waals surface area contributed by atoms with Gasteiger partial charge in [-0.3, -0.25) is 14.4 Å². The van der Waals surface area contributed by atoms with E-state index in [-0.39, 0.29) is 29.3 Å². The molecule has 3 amide bonds. The van der Waals surface area contributed by atoms with E-state index in [0.29, 0.717) is 11.3 Å². The van der Waals surface area contributed by atoms with Gasteiger partial charge in [-0.1, -0.05) is 6.92 Å². The molecule has 10 heteroatoms. The maximum atomic E-state index is 12.4. The molecule has 6 atom stereocenters. The summed E-state index contributed by atoms with van der Waals surface area (Å²) in [5.41, 5.74) is -0.0828. The molecule has 0 unspecified atom stereocenters. The summed E-state index contributed by atoms with van der Waals surface area (Å²) in [6, 6.07) is -1.17. The van der Waals surface area contributed by atoms with Gasteiger partial charge in [-0.05, 0) is 13.3 Å². The summed E-state index contributed by atoms with van der Waals surface area (Å²) in [5, 5.41) is 19.4. The first kappa shape index (κ1) is 19.3. The Kier molecular flexibility index (Phi) is 5.09. The number of nitrogens with zero attached hydrogens (tertiary/aromatic N) is 3. The SMILES string of the molecule is [3H]C(=O)N1C[C@@H](SC2=C(C(=O)O)N3C(=O)[C@H]([C@@H](C)O)[C@H]3[C@H]2C)C[C@H]1C(=O)N(C)C. The van der Waals surface area contributed by atoms with Crippen LogP contribution in [-0.2, 0) is 19.2 Å². The van der Waals surface area contributed by atoms with Gasteiger partial charge in [0.2, 0.25) is 18.2 Å². The number of aliphatic carboxylic acids is 1. The molecule has 28 heavy (non-hydrogen) atoms. The molecule has 0 saturated carbocycles. The van der Waals surface area contributed by atoms with E-state index in [2.05, 4.69) is 0 Å². The molecule has 0 bridgehead atoms. The number of aliphatic hydroxyl groups is 1. The second-order valence-electron chi connectivity index (χ2n) is 7.74. The summed E-state index contributed by atoms with van der Waals surface area (Å²) >= 11 is 1.25. The Hall–Kier alpha value is -2.07. The molecule has 154 valence electrons. The number of carboxylic acid groups (broad SMARTS) is 1. The first-order chi connectivity index (χ1) is 13.5. The van der Waals surface area contributed by atoms with Gasteiger partial charge in [-0.15, -0.1) is 11.8 Å². The minimum atomic E-state index is -1.22. The van der Waals surface area contributed by atoms with E-state index < -0.39 is 42.4 Å². The summed E-state index contributed by atoms with van der Waals surface area (Å²) < 4.78 is 7.46. The Bertz CT molecular complexity index is 800. The number of carbonyl (C=O) groups excluding carboxylic acids is 3. The van der Waals surface area contributed by atoms with Crippen LogP contribution in [0.3, 0.4) is 0 Å². The standard InChI is InChI=1S/C18H25N3O6S/c1-8-13-12(9(2)23)17(25)21(13)14(18(26)27)15(8)28-10-5-11(16(24)19(3)4)20(6-10)7-22/h7-13,23H,5-6H2,1-4H3,(H,26,27)/t8-,9-,10+,11+,12-,13-/m1/s1/i7T. The van der Waals surface area contributed by atoms with Crippen molar-refractivity contribution in [2.45, 2.75) is 43.7 Å². The zero-order valence-corrected chi connectivity index (χ0v) is 17.0. The monoisotopic (exact) mass is 413 g/mol. The van der Waals surface area contributed by atoms with Gasteiger partial charge in [0, 0.05) is 36.7 Å². The fourth-order valence-electron chi connectivity index (χ4n) is 4.37. The summed E-state index contributed by atoms with van der Waals surface area (Å²) in [5.74, 6) is -2.83. The smallest absolute Gasteiger partial charge is 0.353 e. The first-order valence-electron chi connectivity index (χ1n) is 9.61. The number of rotatable bonds is 5. The number of aliphatic hydroxyl groups excluding tert-OH is 1. The van der Waals surface area contributed by atoms with Crippen molar-refractivity contribution < 1.29 is 30.8 Å². The van der Waals surface area contributed by atoms with Gasteiger partial charge in [0.15, 0.2) is 0 Å². The zero-order chi connectivity index (χ0) is 21.8. The van der Waals surface area contributed by atoms with Crippen LogP contribution in [0.4, 0.5) is 0 Å². The molecule has 0 spiro atoms. The molecule has 2 N–H and O–H groups in total. The average molecular weight is 413 g/mol. The lowest BCUT2D eigenvalue weighted by Gasteiger charge is -2.46. The van der Waals surface area contributed by atoms with Gasteiger partial charge < -0.3 is 24.9 Å².